The van der Waals surface area contributed by atoms with Gasteiger partial charge >= 0.3 is 0 Å². The maximum Gasteiger partial charge on any atom is 0.157 e. The average Bonchev–Trinajstić information content (AvgIpc) is 2.42. The van der Waals surface area contributed by atoms with E-state index in [4.69, 9.17) is 0 Å². The molecule has 0 saturated heterocycles. The number of nitrogens with one attached hydrogen (secondary N) is 1. The lowest BCUT2D eigenvalue weighted by molar-refractivity contribution is 0.398. The SMILES string of the molecule is Cl.Oc1cc2c(cc1O)C(Cc1ccccc1)NCC2. The zero-order valence-electron chi connectivity index (χ0n) is 11.0. The normalized spacial score (nSPS) is 17.1. The lowest BCUT2D eigenvalue weighted by Crippen LogP contribution is -2.31. The van der Waals surface area contributed by atoms with Crippen LogP contribution < -0.4 is 5.32 Å². The summed E-state index contributed by atoms with van der Waals surface area (Å²) < 4.78 is 0. The standard InChI is InChI=1S/C16H17NO2.ClH/c18-15-9-12-6-7-17-14(13(12)10-16(15)19)8-11-4-2-1-3-5-11;/h1-5,9-10,14,17-19H,6-8H2;1H. The van der Waals surface area contributed by atoms with Crippen LogP contribution in [0.5, 0.6) is 11.5 Å². The number of aromatic hydroxyl groups is 2. The monoisotopic (exact) mass is 291 g/mol. The van der Waals surface area contributed by atoms with E-state index in [2.05, 4.69) is 17.4 Å². The van der Waals surface area contributed by atoms with Crippen molar-refractivity contribution in [2.75, 3.05) is 6.54 Å². The van der Waals surface area contributed by atoms with E-state index in [1.54, 1.807) is 12.1 Å². The summed E-state index contributed by atoms with van der Waals surface area (Å²) in [5, 5.41) is 22.7. The molecule has 20 heavy (non-hydrogen) atoms. The molecule has 2 aromatic carbocycles. The van der Waals surface area contributed by atoms with Gasteiger partial charge in [0.15, 0.2) is 11.5 Å². The molecule has 0 spiro atoms. The van der Waals surface area contributed by atoms with E-state index < -0.39 is 0 Å². The van der Waals surface area contributed by atoms with Gasteiger partial charge in [0.05, 0.1) is 0 Å². The molecule has 0 radical (unpaired) electrons. The highest BCUT2D eigenvalue weighted by Gasteiger charge is 2.21. The van der Waals surface area contributed by atoms with Crippen molar-refractivity contribution >= 4 is 12.4 Å². The van der Waals surface area contributed by atoms with Gasteiger partial charge in [-0.1, -0.05) is 30.3 Å². The number of rotatable bonds is 2. The van der Waals surface area contributed by atoms with E-state index in [9.17, 15) is 10.2 Å². The molecule has 3 N–H and O–H groups in total. The fourth-order valence-electron chi connectivity index (χ4n) is 2.70. The summed E-state index contributed by atoms with van der Waals surface area (Å²) in [6.07, 6.45) is 1.77. The van der Waals surface area contributed by atoms with Crippen LogP contribution in [0.15, 0.2) is 42.5 Å². The minimum atomic E-state index is -0.0412. The lowest BCUT2D eigenvalue weighted by atomic mass is 9.90. The molecule has 106 valence electrons. The van der Waals surface area contributed by atoms with Crippen molar-refractivity contribution in [3.63, 3.8) is 0 Å². The number of fused-ring (bicyclic) bond motifs is 1. The Balaban J connectivity index is 0.00000147. The first-order valence-corrected chi connectivity index (χ1v) is 6.56. The summed E-state index contributed by atoms with van der Waals surface area (Å²) in [4.78, 5) is 0. The molecular formula is C16H18ClNO2. The summed E-state index contributed by atoms with van der Waals surface area (Å²) in [6, 6.07) is 13.9. The summed E-state index contributed by atoms with van der Waals surface area (Å²) in [7, 11) is 0. The Hall–Kier alpha value is -1.71. The highest BCUT2D eigenvalue weighted by atomic mass is 35.5. The number of hydrogen-bond acceptors (Lipinski definition) is 3. The Morgan fingerprint density at radius 1 is 1.05 bits per heavy atom. The van der Waals surface area contributed by atoms with Crippen molar-refractivity contribution < 1.29 is 10.2 Å². The van der Waals surface area contributed by atoms with Crippen LogP contribution in [0.25, 0.3) is 0 Å². The third-order valence-corrected chi connectivity index (χ3v) is 3.68. The molecule has 1 aliphatic heterocycles. The minimum absolute atomic E-state index is 0. The average molecular weight is 292 g/mol. The maximum atomic E-state index is 9.68. The Morgan fingerprint density at radius 2 is 1.75 bits per heavy atom. The van der Waals surface area contributed by atoms with E-state index in [-0.39, 0.29) is 29.9 Å². The maximum absolute atomic E-state index is 9.68. The molecule has 0 fully saturated rings. The molecule has 0 saturated carbocycles. The van der Waals surface area contributed by atoms with Gasteiger partial charge in [0.1, 0.15) is 0 Å². The first kappa shape index (κ1) is 14.7. The van der Waals surface area contributed by atoms with E-state index in [1.165, 1.54) is 5.56 Å². The molecule has 3 nitrogen and oxygen atoms in total. The Kier molecular flexibility index (Phi) is 4.53. The zero-order chi connectivity index (χ0) is 13.2. The molecule has 1 atom stereocenters. The molecule has 0 aromatic heterocycles. The molecule has 0 amide bonds. The predicted molar refractivity (Wildman–Crippen MR) is 81.6 cm³/mol. The van der Waals surface area contributed by atoms with Crippen LogP contribution in [0.1, 0.15) is 22.7 Å². The van der Waals surface area contributed by atoms with Gasteiger partial charge in [-0.3, -0.25) is 0 Å². The van der Waals surface area contributed by atoms with E-state index in [0.717, 1.165) is 30.5 Å². The summed E-state index contributed by atoms with van der Waals surface area (Å²) in [6.45, 7) is 0.898. The molecule has 1 unspecified atom stereocenters. The molecule has 0 aliphatic carbocycles. The second-order valence-corrected chi connectivity index (χ2v) is 4.99. The number of benzene rings is 2. The Labute approximate surface area is 124 Å². The zero-order valence-corrected chi connectivity index (χ0v) is 11.9. The number of hydrogen-bond donors (Lipinski definition) is 3. The Morgan fingerprint density at radius 3 is 2.50 bits per heavy atom. The molecule has 3 rings (SSSR count). The van der Waals surface area contributed by atoms with Crippen LogP contribution in [-0.4, -0.2) is 16.8 Å². The van der Waals surface area contributed by atoms with Crippen LogP contribution in [0, 0.1) is 0 Å². The summed E-state index contributed by atoms with van der Waals surface area (Å²) in [5.74, 6) is -0.0698. The van der Waals surface area contributed by atoms with Crippen molar-refractivity contribution in [1.29, 1.82) is 0 Å². The minimum Gasteiger partial charge on any atom is -0.504 e. The lowest BCUT2D eigenvalue weighted by Gasteiger charge is -2.27. The van der Waals surface area contributed by atoms with Crippen molar-refractivity contribution in [3.05, 3.63) is 59.2 Å². The van der Waals surface area contributed by atoms with Crippen molar-refractivity contribution in [1.82, 2.24) is 5.32 Å². The second kappa shape index (κ2) is 6.16. The molecule has 0 bridgehead atoms. The van der Waals surface area contributed by atoms with Gasteiger partial charge in [-0.2, -0.15) is 0 Å². The first-order valence-electron chi connectivity index (χ1n) is 6.56. The van der Waals surface area contributed by atoms with E-state index in [0.29, 0.717) is 0 Å². The van der Waals surface area contributed by atoms with Gasteiger partial charge in [0.2, 0.25) is 0 Å². The van der Waals surface area contributed by atoms with Crippen molar-refractivity contribution in [3.8, 4) is 11.5 Å². The fraction of sp³-hybridized carbons (Fsp3) is 0.250. The van der Waals surface area contributed by atoms with Gasteiger partial charge in [-0.15, -0.1) is 12.4 Å². The van der Waals surface area contributed by atoms with Crippen LogP contribution in [0.3, 0.4) is 0 Å². The van der Waals surface area contributed by atoms with Crippen LogP contribution >= 0.6 is 12.4 Å². The first-order chi connectivity index (χ1) is 9.24. The highest BCUT2D eigenvalue weighted by Crippen LogP contribution is 2.34. The fourth-order valence-corrected chi connectivity index (χ4v) is 2.70. The molecule has 1 aliphatic rings. The van der Waals surface area contributed by atoms with E-state index >= 15 is 0 Å². The van der Waals surface area contributed by atoms with Gasteiger partial charge in [-0.25, -0.2) is 0 Å². The summed E-state index contributed by atoms with van der Waals surface area (Å²) in [5.41, 5.74) is 3.47. The molecule has 2 aromatic rings. The second-order valence-electron chi connectivity index (χ2n) is 4.99. The number of phenols is 2. The topological polar surface area (TPSA) is 52.5 Å². The van der Waals surface area contributed by atoms with Crippen molar-refractivity contribution in [2.45, 2.75) is 18.9 Å². The van der Waals surface area contributed by atoms with Crippen molar-refractivity contribution in [2.24, 2.45) is 0 Å². The van der Waals surface area contributed by atoms with Crippen LogP contribution in [0.2, 0.25) is 0 Å². The molecule has 4 heteroatoms. The summed E-state index contributed by atoms with van der Waals surface area (Å²) >= 11 is 0. The van der Waals surface area contributed by atoms with Gasteiger partial charge in [-0.05, 0) is 48.2 Å². The smallest absolute Gasteiger partial charge is 0.157 e. The Bertz CT molecular complexity index is 587. The highest BCUT2D eigenvalue weighted by molar-refractivity contribution is 5.85. The third-order valence-electron chi connectivity index (χ3n) is 3.68. The quantitative estimate of drug-likeness (QED) is 0.746. The largest absolute Gasteiger partial charge is 0.504 e. The number of halogens is 1. The van der Waals surface area contributed by atoms with Crippen LogP contribution in [0.4, 0.5) is 0 Å². The van der Waals surface area contributed by atoms with Gasteiger partial charge in [0, 0.05) is 6.04 Å². The number of phenolic OH excluding ortho intramolecular Hbond substituents is 2. The third kappa shape index (κ3) is 2.89. The molecule has 1 heterocycles. The predicted octanol–water partition coefficient (Wildman–Crippen LogP) is 2.95. The van der Waals surface area contributed by atoms with Crippen LogP contribution in [-0.2, 0) is 12.8 Å². The van der Waals surface area contributed by atoms with Gasteiger partial charge in [0.25, 0.3) is 0 Å². The molecular weight excluding hydrogens is 274 g/mol. The van der Waals surface area contributed by atoms with E-state index in [1.807, 2.05) is 18.2 Å². The van der Waals surface area contributed by atoms with Gasteiger partial charge < -0.3 is 15.5 Å².